The molecule has 0 aliphatic carbocycles. The van der Waals surface area contributed by atoms with E-state index in [0.717, 1.165) is 0 Å². The Kier molecular flexibility index (Phi) is 8.56. The molecule has 0 saturated carbocycles. The summed E-state index contributed by atoms with van der Waals surface area (Å²) in [5.41, 5.74) is -20.1. The normalized spacial score (nSPS) is 26.1. The zero-order chi connectivity index (χ0) is 34.0. The van der Waals surface area contributed by atoms with E-state index in [9.17, 15) is 57.2 Å². The zero-order valence-corrected chi connectivity index (χ0v) is 24.0. The van der Waals surface area contributed by atoms with E-state index in [4.69, 9.17) is 11.9 Å². The van der Waals surface area contributed by atoms with Gasteiger partial charge in [0.15, 0.2) is 20.7 Å². The van der Waals surface area contributed by atoms with Gasteiger partial charge in [0.25, 0.3) is 5.56 Å². The highest BCUT2D eigenvalue weighted by Gasteiger charge is 2.63. The average Bonchev–Trinajstić information content (AvgIpc) is 3.04. The maximum absolute atomic E-state index is 16.2. The topological polar surface area (TPSA) is 160 Å². The molecule has 4 atom stereocenters. The molecule has 0 amide bonds. The van der Waals surface area contributed by atoms with Crippen LogP contribution in [0.15, 0.2) is 15.8 Å². The number of H-pyrrole nitrogens is 1. The highest BCUT2D eigenvalue weighted by molar-refractivity contribution is 7.87. The largest absolute Gasteiger partial charge is 0.523 e. The molecule has 1 saturated heterocycles. The van der Waals surface area contributed by atoms with Crippen molar-refractivity contribution < 1.29 is 72.2 Å². The van der Waals surface area contributed by atoms with Gasteiger partial charge in [0.1, 0.15) is 24.9 Å². The maximum Gasteiger partial charge on any atom is 0.523 e. The monoisotopic (exact) mass is 674 g/mol. The van der Waals surface area contributed by atoms with Gasteiger partial charge in [0.05, 0.1) is 8.94 Å². The summed E-state index contributed by atoms with van der Waals surface area (Å²) in [6.07, 6.45) is -8.91. The molecule has 12 nitrogen and oxygen atoms in total. The lowest BCUT2D eigenvalue weighted by Gasteiger charge is -2.42. The van der Waals surface area contributed by atoms with Crippen molar-refractivity contribution in [3.05, 3.63) is 32.9 Å². The number of ether oxygens (including phenoxy) is 1. The van der Waals surface area contributed by atoms with Crippen LogP contribution in [0.1, 0.15) is 29.7 Å². The first-order valence-electron chi connectivity index (χ1n) is 11.8. The summed E-state index contributed by atoms with van der Waals surface area (Å²) < 4.78 is 190. The Hall–Kier alpha value is -1.92. The molecular weight excluding hydrogens is 648 g/mol. The van der Waals surface area contributed by atoms with Crippen molar-refractivity contribution >= 4 is 28.6 Å². The molecule has 23 heteroatoms. The molecule has 2 heterocycles. The molecule has 0 aromatic carbocycles. The van der Waals surface area contributed by atoms with Gasteiger partial charge in [-0.05, 0) is 18.1 Å². The van der Waals surface area contributed by atoms with Crippen LogP contribution < -0.4 is 11.2 Å². The van der Waals surface area contributed by atoms with Crippen molar-refractivity contribution in [2.24, 2.45) is 0 Å². The number of aromatic amines is 1. The second-order valence-corrected chi connectivity index (χ2v) is 17.9. The Bertz CT molecular complexity index is 1560. The summed E-state index contributed by atoms with van der Waals surface area (Å²) in [6, 6.07) is 0. The summed E-state index contributed by atoms with van der Waals surface area (Å²) in [5.74, 6) is -1.82. The molecular formula is C18H24F8N2O10S2Si. The number of nitrogens with one attached hydrogen (secondary N) is 1. The lowest BCUT2D eigenvalue weighted by Crippen LogP contribution is -2.57. The predicted molar refractivity (Wildman–Crippen MR) is 123 cm³/mol. The molecule has 0 bridgehead atoms. The van der Waals surface area contributed by atoms with E-state index in [1.54, 1.807) is 0 Å². The third-order valence-electron chi connectivity index (χ3n) is 6.10. The van der Waals surface area contributed by atoms with Crippen LogP contribution in [0.5, 0.6) is 0 Å². The first-order valence-corrected chi connectivity index (χ1v) is 16.5. The fourth-order valence-electron chi connectivity index (χ4n) is 2.90. The fourth-order valence-corrected chi connectivity index (χ4v) is 5.02. The van der Waals surface area contributed by atoms with E-state index in [1.807, 2.05) is 0 Å². The third-order valence-corrected chi connectivity index (χ3v) is 12.4. The summed E-state index contributed by atoms with van der Waals surface area (Å²) >= 11 is 0. The van der Waals surface area contributed by atoms with Gasteiger partial charge in [0.2, 0.25) is 5.82 Å². The predicted octanol–water partition coefficient (Wildman–Crippen LogP) is 2.40. The van der Waals surface area contributed by atoms with Gasteiger partial charge in [-0.3, -0.25) is 22.7 Å². The minimum Gasteiger partial charge on any atom is -0.408 e. The van der Waals surface area contributed by atoms with Crippen molar-refractivity contribution in [2.45, 2.75) is 74.0 Å². The number of hydrogen-bond donors (Lipinski definition) is 1. The molecule has 1 aromatic rings. The first-order chi connectivity index (χ1) is 18.8. The van der Waals surface area contributed by atoms with Gasteiger partial charge >= 0.3 is 36.9 Å². The summed E-state index contributed by atoms with van der Waals surface area (Å²) in [7, 11) is -17.5. The molecule has 1 fully saturated rings. The van der Waals surface area contributed by atoms with Crippen LogP contribution >= 0.6 is 0 Å². The highest BCUT2D eigenvalue weighted by atomic mass is 32.2. The Morgan fingerprint density at radius 1 is 1.05 bits per heavy atom. The van der Waals surface area contributed by atoms with Crippen LogP contribution in [-0.2, 0) is 37.8 Å². The molecule has 1 aliphatic rings. The summed E-state index contributed by atoms with van der Waals surface area (Å²) in [6.45, 7) is -0.196. The SMILES string of the molecule is [2H]C([2H])(OS(=O)(=O)C(F)(F)F)[C@]1(COS(=O)(=O)C(F)(F)F)O[C@@H](n2cc(F)c(=O)[nH]c2=O)[C@@H](F)[C@@H]1O[Si](C)(C)C(C)(C)C. The Morgan fingerprint density at radius 3 is 2.00 bits per heavy atom. The lowest BCUT2D eigenvalue weighted by molar-refractivity contribution is -0.144. The number of nitrogens with zero attached hydrogens (tertiary/aromatic N) is 1. The second kappa shape index (κ2) is 11.0. The lowest BCUT2D eigenvalue weighted by atomic mass is 9.98. The fraction of sp³-hybridized carbons (Fsp3) is 0.778. The number of alkyl halides is 7. The van der Waals surface area contributed by atoms with Crippen molar-refractivity contribution in [2.75, 3.05) is 13.2 Å². The molecule has 1 aliphatic heterocycles. The van der Waals surface area contributed by atoms with E-state index in [0.29, 0.717) is 0 Å². The molecule has 0 spiro atoms. The van der Waals surface area contributed by atoms with Crippen molar-refractivity contribution in [1.29, 1.82) is 0 Å². The van der Waals surface area contributed by atoms with Crippen LogP contribution in [0, 0.1) is 5.82 Å². The molecule has 1 N–H and O–H groups in total. The zero-order valence-electron chi connectivity index (χ0n) is 23.4. The van der Waals surface area contributed by atoms with E-state index in [-0.39, 0.29) is 10.8 Å². The van der Waals surface area contributed by atoms with Crippen molar-refractivity contribution in [1.82, 2.24) is 9.55 Å². The Labute approximate surface area is 230 Å². The van der Waals surface area contributed by atoms with Crippen LogP contribution in [0.3, 0.4) is 0 Å². The maximum atomic E-state index is 16.2. The van der Waals surface area contributed by atoms with Crippen LogP contribution in [0.2, 0.25) is 18.1 Å². The van der Waals surface area contributed by atoms with Gasteiger partial charge in [0, 0.05) is 0 Å². The highest BCUT2D eigenvalue weighted by Crippen LogP contribution is 2.47. The Balaban J connectivity index is 2.97. The Morgan fingerprint density at radius 2 is 1.54 bits per heavy atom. The minimum absolute atomic E-state index is 0.0336. The van der Waals surface area contributed by atoms with Crippen molar-refractivity contribution in [3.8, 4) is 0 Å². The standard InChI is InChI=1S/C18H24F8N2O10S2Si/c1-15(2,3)41(4,5)38-11-10(20)13(28-6-9(19)12(29)27-14(28)30)37-16(11,7-35-39(31,32)17(21,22)23)8-36-40(33,34)18(24,25)26/h6,10-11,13H,7-8H2,1-5H3,(H,27,29,30)/t10-,11-,13+/m0/s1/i7D2/t10-,11-,13+,16+. The molecule has 238 valence electrons. The number of hydrogen-bond acceptors (Lipinski definition) is 10. The quantitative estimate of drug-likeness (QED) is 0.178. The molecule has 2 rings (SSSR count). The minimum atomic E-state index is -7.05. The van der Waals surface area contributed by atoms with Gasteiger partial charge in [-0.25, -0.2) is 9.18 Å². The van der Waals surface area contributed by atoms with E-state index >= 15 is 4.39 Å². The number of rotatable bonds is 9. The number of halogens is 8. The molecule has 41 heavy (non-hydrogen) atoms. The van der Waals surface area contributed by atoms with Crippen LogP contribution in [-0.4, -0.2) is 76.8 Å². The van der Waals surface area contributed by atoms with Gasteiger partial charge in [-0.2, -0.15) is 47.6 Å². The number of aromatic nitrogens is 2. The summed E-state index contributed by atoms with van der Waals surface area (Å²) in [4.78, 5) is 25.2. The molecule has 1 aromatic heterocycles. The van der Waals surface area contributed by atoms with Crippen LogP contribution in [0.25, 0.3) is 0 Å². The van der Waals surface area contributed by atoms with Crippen molar-refractivity contribution in [3.63, 3.8) is 0 Å². The van der Waals surface area contributed by atoms with Crippen LogP contribution in [0.4, 0.5) is 35.1 Å². The van der Waals surface area contributed by atoms with Gasteiger partial charge in [-0.1, -0.05) is 20.8 Å². The molecule has 0 radical (unpaired) electrons. The van der Waals surface area contributed by atoms with Gasteiger partial charge < -0.3 is 9.16 Å². The van der Waals surface area contributed by atoms with E-state index < -0.39 is 98.9 Å². The van der Waals surface area contributed by atoms with E-state index in [1.165, 1.54) is 38.8 Å². The van der Waals surface area contributed by atoms with E-state index in [2.05, 4.69) is 8.37 Å². The third kappa shape index (κ3) is 7.18. The smallest absolute Gasteiger partial charge is 0.408 e. The van der Waals surface area contributed by atoms with Gasteiger partial charge in [-0.15, -0.1) is 0 Å². The first kappa shape index (κ1) is 32.0. The summed E-state index contributed by atoms with van der Waals surface area (Å²) in [5, 5.41) is -1.03. The second-order valence-electron chi connectivity index (χ2n) is 10.0. The average molecular weight is 675 g/mol. The molecule has 0 unspecified atom stereocenters.